The van der Waals surface area contributed by atoms with Crippen LogP contribution in [0.3, 0.4) is 0 Å². The number of aliphatic hydroxyl groups is 2. The monoisotopic (exact) mass is 926 g/mol. The first-order chi connectivity index (χ1) is 32.5. The summed E-state index contributed by atoms with van der Waals surface area (Å²) in [5.74, 6) is -0.0840. The Kier molecular flexibility index (Phi) is 53.6. The summed E-state index contributed by atoms with van der Waals surface area (Å²) in [6.45, 7) is 4.86. The molecule has 0 heterocycles. The molecule has 0 fully saturated rings. The van der Waals surface area contributed by atoms with Gasteiger partial charge in [0.15, 0.2) is 0 Å². The van der Waals surface area contributed by atoms with Crippen LogP contribution in [0.4, 0.5) is 0 Å². The first-order valence-corrected chi connectivity index (χ1v) is 28.9. The molecule has 0 saturated heterocycles. The second-order valence-corrected chi connectivity index (χ2v) is 19.6. The van der Waals surface area contributed by atoms with Crippen molar-refractivity contribution in [1.82, 2.24) is 5.32 Å². The van der Waals surface area contributed by atoms with Gasteiger partial charge in [-0.3, -0.25) is 9.59 Å². The van der Waals surface area contributed by atoms with E-state index >= 15 is 0 Å². The average Bonchev–Trinajstić information content (AvgIpc) is 3.32. The lowest BCUT2D eigenvalue weighted by molar-refractivity contribution is -0.143. The summed E-state index contributed by atoms with van der Waals surface area (Å²) in [5.41, 5.74) is 0. The van der Waals surface area contributed by atoms with Crippen LogP contribution >= 0.6 is 0 Å². The Bertz CT molecular complexity index is 1110. The van der Waals surface area contributed by atoms with E-state index < -0.39 is 12.1 Å². The predicted molar refractivity (Wildman–Crippen MR) is 287 cm³/mol. The number of carbonyl (C=O) groups is 2. The molecule has 6 heteroatoms. The van der Waals surface area contributed by atoms with Crippen molar-refractivity contribution in [3.8, 4) is 0 Å². The average molecular weight is 927 g/mol. The maximum Gasteiger partial charge on any atom is 0.305 e. The fraction of sp³-hybridized carbons (Fsp3) is 0.833. The quantitative estimate of drug-likeness (QED) is 0.0321. The minimum absolute atomic E-state index is 0.00478. The number of amides is 1. The molecule has 1 amide bonds. The van der Waals surface area contributed by atoms with E-state index in [4.69, 9.17) is 4.74 Å². The highest BCUT2D eigenvalue weighted by atomic mass is 16.5. The molecule has 386 valence electrons. The molecule has 0 aliphatic heterocycles. The third kappa shape index (κ3) is 51.2. The van der Waals surface area contributed by atoms with Gasteiger partial charge in [-0.05, 0) is 89.9 Å². The summed E-state index contributed by atoms with van der Waals surface area (Å²) in [6.07, 6.45) is 69.9. The number of allylic oxidation sites excluding steroid dienone is 7. The summed E-state index contributed by atoms with van der Waals surface area (Å²) in [5, 5.41) is 23.0. The molecule has 0 aromatic rings. The Labute approximate surface area is 410 Å². The number of nitrogens with one attached hydrogen (secondary N) is 1. The SMILES string of the molecule is CCCCCC/C=C\C/C=C\CCCCCCCCCC(=O)OCCCCCCCCCC/C=C\CCCCCCCCCC(=O)NC(CO)C(O)/C=C/CCCCCCCCCCCC. The fourth-order valence-electron chi connectivity index (χ4n) is 8.60. The van der Waals surface area contributed by atoms with Gasteiger partial charge in [-0.25, -0.2) is 0 Å². The number of hydrogen-bond donors (Lipinski definition) is 3. The molecule has 0 aromatic heterocycles. The van der Waals surface area contributed by atoms with E-state index in [1.807, 2.05) is 6.08 Å². The maximum absolute atomic E-state index is 12.4. The third-order valence-corrected chi connectivity index (χ3v) is 13.1. The van der Waals surface area contributed by atoms with Gasteiger partial charge in [0.25, 0.3) is 0 Å². The Morgan fingerprint density at radius 3 is 1.18 bits per heavy atom. The molecule has 3 N–H and O–H groups in total. The fourth-order valence-corrected chi connectivity index (χ4v) is 8.60. The summed E-state index contributed by atoms with van der Waals surface area (Å²) in [4.78, 5) is 24.5. The van der Waals surface area contributed by atoms with Gasteiger partial charge in [0.1, 0.15) is 0 Å². The molecule has 6 nitrogen and oxygen atoms in total. The van der Waals surface area contributed by atoms with Crippen molar-refractivity contribution < 1.29 is 24.5 Å². The number of aliphatic hydroxyl groups excluding tert-OH is 2. The zero-order valence-electron chi connectivity index (χ0n) is 43.9. The molecular weight excluding hydrogens is 815 g/mol. The van der Waals surface area contributed by atoms with Crippen molar-refractivity contribution in [2.24, 2.45) is 0 Å². The maximum atomic E-state index is 12.4. The van der Waals surface area contributed by atoms with Crippen molar-refractivity contribution in [2.75, 3.05) is 13.2 Å². The first-order valence-electron chi connectivity index (χ1n) is 28.9. The first kappa shape index (κ1) is 63.8. The number of rotatable bonds is 53. The zero-order chi connectivity index (χ0) is 47.9. The highest BCUT2D eigenvalue weighted by molar-refractivity contribution is 5.76. The van der Waals surface area contributed by atoms with Gasteiger partial charge in [-0.1, -0.05) is 242 Å². The van der Waals surface area contributed by atoms with Crippen LogP contribution in [0.1, 0.15) is 296 Å². The summed E-state index contributed by atoms with van der Waals surface area (Å²) >= 11 is 0. The van der Waals surface area contributed by atoms with Gasteiger partial charge in [-0.15, -0.1) is 0 Å². The molecule has 0 aromatic carbocycles. The lowest BCUT2D eigenvalue weighted by Gasteiger charge is -2.20. The van der Waals surface area contributed by atoms with Crippen LogP contribution in [0.5, 0.6) is 0 Å². The number of hydrogen-bond acceptors (Lipinski definition) is 5. The van der Waals surface area contributed by atoms with E-state index in [1.54, 1.807) is 6.08 Å². The molecule has 0 aliphatic rings. The van der Waals surface area contributed by atoms with Crippen molar-refractivity contribution in [2.45, 2.75) is 309 Å². The lowest BCUT2D eigenvalue weighted by Crippen LogP contribution is -2.45. The highest BCUT2D eigenvalue weighted by Gasteiger charge is 2.18. The minimum Gasteiger partial charge on any atom is -0.466 e. The molecule has 0 spiro atoms. The van der Waals surface area contributed by atoms with Crippen LogP contribution in [-0.4, -0.2) is 47.4 Å². The zero-order valence-corrected chi connectivity index (χ0v) is 43.9. The minimum atomic E-state index is -0.850. The molecule has 0 saturated carbocycles. The van der Waals surface area contributed by atoms with Crippen molar-refractivity contribution in [3.63, 3.8) is 0 Å². The molecule has 0 rings (SSSR count). The number of carbonyl (C=O) groups excluding carboxylic acids is 2. The van der Waals surface area contributed by atoms with Gasteiger partial charge < -0.3 is 20.3 Å². The Morgan fingerprint density at radius 2 is 0.758 bits per heavy atom. The molecule has 0 aliphatic carbocycles. The number of ether oxygens (including phenoxy) is 1. The standard InChI is InChI=1S/C60H111NO5/c1-3-5-7-9-11-13-15-17-18-19-24-27-30-34-38-42-46-50-54-60(65)66-55-51-47-43-39-35-31-28-25-22-20-21-23-26-29-33-37-41-45-49-53-59(64)61-57(56-62)58(63)52-48-44-40-36-32-16-14-12-10-8-6-4-2/h13,15,18-21,48,52,57-58,62-63H,3-12,14,16-17,22-47,49-51,53-56H2,1-2H3,(H,61,64)/b15-13-,19-18-,21-20-,52-48+. The number of esters is 1. The van der Waals surface area contributed by atoms with E-state index in [1.165, 1.54) is 205 Å². The van der Waals surface area contributed by atoms with E-state index in [-0.39, 0.29) is 18.5 Å². The Morgan fingerprint density at radius 1 is 0.424 bits per heavy atom. The van der Waals surface area contributed by atoms with Crippen LogP contribution in [0.25, 0.3) is 0 Å². The second kappa shape index (κ2) is 55.4. The van der Waals surface area contributed by atoms with Crippen molar-refractivity contribution in [3.05, 3.63) is 48.6 Å². The van der Waals surface area contributed by atoms with Crippen molar-refractivity contribution >= 4 is 11.9 Å². The Hall–Kier alpha value is -2.18. The van der Waals surface area contributed by atoms with Crippen molar-refractivity contribution in [1.29, 1.82) is 0 Å². The summed E-state index contributed by atoms with van der Waals surface area (Å²) in [7, 11) is 0. The second-order valence-electron chi connectivity index (χ2n) is 19.6. The van der Waals surface area contributed by atoms with Crippen LogP contribution in [0, 0.1) is 0 Å². The topological polar surface area (TPSA) is 95.9 Å². The van der Waals surface area contributed by atoms with E-state index in [0.717, 1.165) is 64.2 Å². The van der Waals surface area contributed by atoms with Gasteiger partial charge in [0, 0.05) is 12.8 Å². The lowest BCUT2D eigenvalue weighted by atomic mass is 10.0. The normalized spacial score (nSPS) is 13.0. The van der Waals surface area contributed by atoms with Gasteiger partial charge in [0.2, 0.25) is 5.91 Å². The predicted octanol–water partition coefficient (Wildman–Crippen LogP) is 17.8. The van der Waals surface area contributed by atoms with Crippen LogP contribution in [-0.2, 0) is 14.3 Å². The van der Waals surface area contributed by atoms with Crippen LogP contribution in [0.15, 0.2) is 48.6 Å². The van der Waals surface area contributed by atoms with Crippen LogP contribution in [0.2, 0.25) is 0 Å². The van der Waals surface area contributed by atoms with E-state index in [0.29, 0.717) is 19.4 Å². The van der Waals surface area contributed by atoms with Gasteiger partial charge in [-0.2, -0.15) is 0 Å². The molecule has 2 unspecified atom stereocenters. The summed E-state index contributed by atoms with van der Waals surface area (Å²) in [6, 6.07) is -0.635. The highest BCUT2D eigenvalue weighted by Crippen LogP contribution is 2.15. The molecule has 0 bridgehead atoms. The Balaban J connectivity index is 3.45. The third-order valence-electron chi connectivity index (χ3n) is 13.1. The van der Waals surface area contributed by atoms with Gasteiger partial charge in [0.05, 0.1) is 25.4 Å². The smallest absolute Gasteiger partial charge is 0.305 e. The molecular formula is C60H111NO5. The van der Waals surface area contributed by atoms with E-state index in [2.05, 4.69) is 55.6 Å². The van der Waals surface area contributed by atoms with E-state index in [9.17, 15) is 19.8 Å². The molecule has 0 radical (unpaired) electrons. The molecule has 66 heavy (non-hydrogen) atoms. The largest absolute Gasteiger partial charge is 0.466 e. The van der Waals surface area contributed by atoms with Crippen LogP contribution < -0.4 is 5.32 Å². The van der Waals surface area contributed by atoms with Gasteiger partial charge >= 0.3 is 5.97 Å². The number of unbranched alkanes of at least 4 members (excludes halogenated alkanes) is 36. The summed E-state index contributed by atoms with van der Waals surface area (Å²) < 4.78 is 5.48. The molecule has 2 atom stereocenters.